The summed E-state index contributed by atoms with van der Waals surface area (Å²) < 4.78 is 14.7. The number of nitrogens with one attached hydrogen (secondary N) is 1. The molecule has 1 fully saturated rings. The summed E-state index contributed by atoms with van der Waals surface area (Å²) in [7, 11) is 0. The molecule has 1 aromatic rings. The van der Waals surface area contributed by atoms with Crippen molar-refractivity contribution in [3.05, 3.63) is 34.1 Å². The van der Waals surface area contributed by atoms with Crippen LogP contribution < -0.4 is 5.32 Å². The third-order valence-corrected chi connectivity index (χ3v) is 4.63. The molecule has 2 unspecified atom stereocenters. The maximum atomic E-state index is 13.9. The largest absolute Gasteiger partial charge is 0.307 e. The maximum Gasteiger partial charge on any atom is 0.129 e. The number of hydrogen-bond donors (Lipinski definition) is 1. The van der Waals surface area contributed by atoms with Crippen LogP contribution in [0.5, 0.6) is 0 Å². The van der Waals surface area contributed by atoms with Crippen molar-refractivity contribution in [3.63, 3.8) is 0 Å². The summed E-state index contributed by atoms with van der Waals surface area (Å²) >= 11 is 3.29. The number of halogens is 2. The van der Waals surface area contributed by atoms with Gasteiger partial charge in [0.1, 0.15) is 5.82 Å². The Labute approximate surface area is 117 Å². The Kier molecular flexibility index (Phi) is 4.12. The fraction of sp³-hybridized carbons (Fsp3) is 0.600. The molecule has 0 bridgehead atoms. The highest BCUT2D eigenvalue weighted by molar-refractivity contribution is 9.10. The summed E-state index contributed by atoms with van der Waals surface area (Å²) in [6, 6.07) is 5.83. The molecule has 0 aromatic heterocycles. The Bertz CT molecular complexity index is 431. The van der Waals surface area contributed by atoms with Crippen molar-refractivity contribution < 1.29 is 4.39 Å². The standard InChI is InChI=1S/C15H21BrFN/c1-10(12-7-6-11(16)9-13(12)17)18-14-5-4-8-15(14,2)3/h6-7,9-10,14,18H,4-5,8H2,1-3H3. The summed E-state index contributed by atoms with van der Waals surface area (Å²) in [5.41, 5.74) is 1.07. The summed E-state index contributed by atoms with van der Waals surface area (Å²) in [6.07, 6.45) is 3.70. The van der Waals surface area contributed by atoms with Crippen LogP contribution in [-0.4, -0.2) is 6.04 Å². The van der Waals surface area contributed by atoms with Crippen LogP contribution in [0.25, 0.3) is 0 Å². The molecule has 0 amide bonds. The molecule has 1 aliphatic carbocycles. The fourth-order valence-corrected chi connectivity index (χ4v) is 3.21. The fourth-order valence-electron chi connectivity index (χ4n) is 2.88. The van der Waals surface area contributed by atoms with Gasteiger partial charge in [-0.1, -0.05) is 42.3 Å². The molecule has 18 heavy (non-hydrogen) atoms. The lowest BCUT2D eigenvalue weighted by molar-refractivity contribution is 0.265. The molecule has 3 heteroatoms. The Morgan fingerprint density at radius 3 is 2.72 bits per heavy atom. The minimum absolute atomic E-state index is 0.0560. The summed E-state index contributed by atoms with van der Waals surface area (Å²) in [4.78, 5) is 0. The van der Waals surface area contributed by atoms with Crippen LogP contribution in [-0.2, 0) is 0 Å². The van der Waals surface area contributed by atoms with Gasteiger partial charge in [0.15, 0.2) is 0 Å². The van der Waals surface area contributed by atoms with E-state index >= 15 is 0 Å². The van der Waals surface area contributed by atoms with Crippen LogP contribution in [0.2, 0.25) is 0 Å². The quantitative estimate of drug-likeness (QED) is 0.843. The zero-order valence-corrected chi connectivity index (χ0v) is 12.8. The highest BCUT2D eigenvalue weighted by Crippen LogP contribution is 2.38. The average molecular weight is 314 g/mol. The van der Waals surface area contributed by atoms with Gasteiger partial charge in [0, 0.05) is 22.1 Å². The first-order valence-corrected chi connectivity index (χ1v) is 7.40. The van der Waals surface area contributed by atoms with E-state index in [1.807, 2.05) is 19.1 Å². The van der Waals surface area contributed by atoms with E-state index in [2.05, 4.69) is 35.1 Å². The highest BCUT2D eigenvalue weighted by atomic mass is 79.9. The maximum absolute atomic E-state index is 13.9. The van der Waals surface area contributed by atoms with Gasteiger partial charge in [0.2, 0.25) is 0 Å². The van der Waals surface area contributed by atoms with E-state index in [9.17, 15) is 4.39 Å². The van der Waals surface area contributed by atoms with Gasteiger partial charge >= 0.3 is 0 Å². The lowest BCUT2D eigenvalue weighted by Gasteiger charge is -2.31. The first-order valence-electron chi connectivity index (χ1n) is 6.61. The van der Waals surface area contributed by atoms with Gasteiger partial charge in [-0.15, -0.1) is 0 Å². The molecule has 0 saturated heterocycles. The van der Waals surface area contributed by atoms with Crippen molar-refractivity contribution in [2.75, 3.05) is 0 Å². The Morgan fingerprint density at radius 2 is 2.17 bits per heavy atom. The molecular weight excluding hydrogens is 293 g/mol. The summed E-state index contributed by atoms with van der Waals surface area (Å²) in [6.45, 7) is 6.63. The minimum Gasteiger partial charge on any atom is -0.307 e. The Hall–Kier alpha value is -0.410. The van der Waals surface area contributed by atoms with Crippen LogP contribution >= 0.6 is 15.9 Å². The first kappa shape index (κ1) is 14.0. The van der Waals surface area contributed by atoms with E-state index in [4.69, 9.17) is 0 Å². The molecule has 1 saturated carbocycles. The molecule has 1 N–H and O–H groups in total. The number of rotatable bonds is 3. The molecular formula is C15H21BrFN. The van der Waals surface area contributed by atoms with Crippen molar-refractivity contribution in [2.45, 2.75) is 52.1 Å². The monoisotopic (exact) mass is 313 g/mol. The molecule has 1 aromatic carbocycles. The van der Waals surface area contributed by atoms with Gasteiger partial charge in [0.05, 0.1) is 0 Å². The zero-order valence-electron chi connectivity index (χ0n) is 11.3. The summed E-state index contributed by atoms with van der Waals surface area (Å²) in [5, 5.41) is 3.59. The smallest absolute Gasteiger partial charge is 0.129 e. The van der Waals surface area contributed by atoms with E-state index in [-0.39, 0.29) is 11.9 Å². The predicted molar refractivity (Wildman–Crippen MR) is 77.1 cm³/mol. The molecule has 1 aliphatic rings. The van der Waals surface area contributed by atoms with Gasteiger partial charge in [-0.05, 0) is 37.3 Å². The van der Waals surface area contributed by atoms with E-state index in [1.54, 1.807) is 0 Å². The van der Waals surface area contributed by atoms with E-state index in [0.717, 1.165) is 10.0 Å². The van der Waals surface area contributed by atoms with E-state index in [0.29, 0.717) is 11.5 Å². The number of benzene rings is 1. The van der Waals surface area contributed by atoms with Gasteiger partial charge in [-0.25, -0.2) is 4.39 Å². The second kappa shape index (κ2) is 5.30. The Morgan fingerprint density at radius 1 is 1.44 bits per heavy atom. The molecule has 0 aliphatic heterocycles. The third kappa shape index (κ3) is 2.94. The number of hydrogen-bond acceptors (Lipinski definition) is 1. The second-order valence-corrected chi connectivity index (χ2v) is 6.90. The van der Waals surface area contributed by atoms with E-state index < -0.39 is 0 Å². The van der Waals surface area contributed by atoms with Crippen molar-refractivity contribution in [2.24, 2.45) is 5.41 Å². The van der Waals surface area contributed by atoms with Crippen molar-refractivity contribution in [1.82, 2.24) is 5.32 Å². The first-order chi connectivity index (χ1) is 8.40. The van der Waals surface area contributed by atoms with Gasteiger partial charge < -0.3 is 5.32 Å². The van der Waals surface area contributed by atoms with Crippen molar-refractivity contribution in [3.8, 4) is 0 Å². The van der Waals surface area contributed by atoms with Crippen LogP contribution in [0.4, 0.5) is 4.39 Å². The van der Waals surface area contributed by atoms with Crippen LogP contribution in [0.3, 0.4) is 0 Å². The third-order valence-electron chi connectivity index (χ3n) is 4.14. The predicted octanol–water partition coefficient (Wildman–Crippen LogP) is 4.82. The summed E-state index contributed by atoms with van der Waals surface area (Å²) in [5.74, 6) is -0.139. The van der Waals surface area contributed by atoms with Crippen LogP contribution in [0.1, 0.15) is 51.6 Å². The second-order valence-electron chi connectivity index (χ2n) is 5.99. The Balaban J connectivity index is 2.10. The molecule has 1 nitrogen and oxygen atoms in total. The molecule has 100 valence electrons. The average Bonchev–Trinajstić information content (AvgIpc) is 2.58. The highest BCUT2D eigenvalue weighted by Gasteiger charge is 2.35. The van der Waals surface area contributed by atoms with Crippen molar-refractivity contribution >= 4 is 15.9 Å². The van der Waals surface area contributed by atoms with Crippen LogP contribution in [0.15, 0.2) is 22.7 Å². The van der Waals surface area contributed by atoms with E-state index in [1.165, 1.54) is 25.3 Å². The van der Waals surface area contributed by atoms with Gasteiger partial charge in [-0.2, -0.15) is 0 Å². The SMILES string of the molecule is CC(NC1CCCC1(C)C)c1ccc(Br)cc1F. The minimum atomic E-state index is -0.139. The van der Waals surface area contributed by atoms with Crippen molar-refractivity contribution in [1.29, 1.82) is 0 Å². The van der Waals surface area contributed by atoms with Gasteiger partial charge in [0.25, 0.3) is 0 Å². The normalized spacial score (nSPS) is 24.2. The molecule has 0 heterocycles. The molecule has 0 radical (unpaired) electrons. The lowest BCUT2D eigenvalue weighted by Crippen LogP contribution is -2.39. The molecule has 2 atom stereocenters. The lowest BCUT2D eigenvalue weighted by atomic mass is 9.86. The van der Waals surface area contributed by atoms with Crippen LogP contribution in [0, 0.1) is 11.2 Å². The zero-order chi connectivity index (χ0) is 13.3. The molecule has 0 spiro atoms. The molecule has 2 rings (SSSR count). The topological polar surface area (TPSA) is 12.0 Å². The van der Waals surface area contributed by atoms with Gasteiger partial charge in [-0.3, -0.25) is 0 Å².